The summed E-state index contributed by atoms with van der Waals surface area (Å²) in [5.74, 6) is 0.404. The summed E-state index contributed by atoms with van der Waals surface area (Å²) in [5, 5.41) is 7.96. The molecule has 5 rings (SSSR count). The lowest BCUT2D eigenvalue weighted by atomic mass is 9.64. The van der Waals surface area contributed by atoms with E-state index >= 15 is 0 Å². The lowest BCUT2D eigenvalue weighted by molar-refractivity contribution is 0.0973. The Bertz CT molecular complexity index is 1410. The highest BCUT2D eigenvalue weighted by Crippen LogP contribution is 2.44. The Morgan fingerprint density at radius 3 is 2.24 bits per heavy atom. The maximum atomic E-state index is 13.8. The van der Waals surface area contributed by atoms with Gasteiger partial charge in [0.1, 0.15) is 11.4 Å². The average molecular weight is 523 g/mol. The molecule has 0 unspecified atom stereocenters. The molecule has 1 N–H and O–H groups in total. The molecule has 1 aliphatic heterocycles. The van der Waals surface area contributed by atoms with Crippen molar-refractivity contribution >= 4 is 21.4 Å². The number of nitrogens with zero attached hydrogens (tertiary/aromatic N) is 3. The molecule has 2 heterocycles. The van der Waals surface area contributed by atoms with Gasteiger partial charge in [0.25, 0.3) is 5.91 Å². The third kappa shape index (κ3) is 4.66. The van der Waals surface area contributed by atoms with E-state index in [1.54, 1.807) is 36.3 Å². The van der Waals surface area contributed by atoms with Gasteiger partial charge in [-0.1, -0.05) is 32.4 Å². The fraction of sp³-hybridized carbons (Fsp3) is 0.429. The van der Waals surface area contributed by atoms with Gasteiger partial charge in [-0.05, 0) is 61.2 Å². The third-order valence-electron chi connectivity index (χ3n) is 7.60. The molecule has 0 atom stereocenters. The van der Waals surface area contributed by atoms with E-state index in [1.807, 2.05) is 12.1 Å². The number of hydrogen-bond acceptors (Lipinski definition) is 6. The van der Waals surface area contributed by atoms with E-state index in [1.165, 1.54) is 16.7 Å². The van der Waals surface area contributed by atoms with Crippen molar-refractivity contribution in [1.29, 1.82) is 0 Å². The van der Waals surface area contributed by atoms with Crippen molar-refractivity contribution in [2.75, 3.05) is 31.4 Å². The standard InChI is InChI=1S/C28H34N4O4S/c1-19(2)29-18-28(15-5-16-28)20-6-8-21(9-7-20)31-17-14-24-25(27(31)33)32(30-26(24)37(4,34)35)22-10-12-23(36-3)13-11-22/h6-13,19,29H,5,14-18H2,1-4H3. The van der Waals surface area contributed by atoms with Gasteiger partial charge in [-0.3, -0.25) is 4.79 Å². The van der Waals surface area contributed by atoms with Gasteiger partial charge in [-0.25, -0.2) is 13.1 Å². The first-order valence-electron chi connectivity index (χ1n) is 12.8. The molecule has 0 spiro atoms. The summed E-state index contributed by atoms with van der Waals surface area (Å²) in [6, 6.07) is 15.8. The van der Waals surface area contributed by atoms with Crippen LogP contribution in [0.2, 0.25) is 0 Å². The molecule has 196 valence electrons. The second-order valence-electron chi connectivity index (χ2n) is 10.4. The number of sulfone groups is 1. The lowest BCUT2D eigenvalue weighted by Gasteiger charge is -2.43. The van der Waals surface area contributed by atoms with Crippen LogP contribution >= 0.6 is 0 Å². The zero-order valence-electron chi connectivity index (χ0n) is 21.8. The third-order valence-corrected chi connectivity index (χ3v) is 8.63. The van der Waals surface area contributed by atoms with Crippen molar-refractivity contribution in [2.45, 2.75) is 56.0 Å². The largest absolute Gasteiger partial charge is 0.497 e. The van der Waals surface area contributed by atoms with Gasteiger partial charge in [0.05, 0.1) is 12.8 Å². The van der Waals surface area contributed by atoms with Crippen LogP contribution in [0.3, 0.4) is 0 Å². The summed E-state index contributed by atoms with van der Waals surface area (Å²) >= 11 is 0. The Labute approximate surface area is 218 Å². The Balaban J connectivity index is 1.49. The summed E-state index contributed by atoms with van der Waals surface area (Å²) in [5.41, 5.74) is 3.61. The predicted octanol–water partition coefficient (Wildman–Crippen LogP) is 3.91. The van der Waals surface area contributed by atoms with Gasteiger partial charge >= 0.3 is 0 Å². The predicted molar refractivity (Wildman–Crippen MR) is 144 cm³/mol. The highest BCUT2D eigenvalue weighted by molar-refractivity contribution is 7.90. The number of fused-ring (bicyclic) bond motifs is 1. The molecule has 2 aliphatic rings. The van der Waals surface area contributed by atoms with Crippen LogP contribution in [-0.2, 0) is 21.7 Å². The molecule has 1 fully saturated rings. The second-order valence-corrected chi connectivity index (χ2v) is 12.4. The lowest BCUT2D eigenvalue weighted by Crippen LogP contribution is -2.45. The summed E-state index contributed by atoms with van der Waals surface area (Å²) in [4.78, 5) is 15.6. The molecule has 0 radical (unpaired) electrons. The normalized spacial score (nSPS) is 17.0. The summed E-state index contributed by atoms with van der Waals surface area (Å²) < 4.78 is 31.8. The molecule has 8 nitrogen and oxygen atoms in total. The number of nitrogens with one attached hydrogen (secondary N) is 1. The minimum Gasteiger partial charge on any atom is -0.497 e. The van der Waals surface area contributed by atoms with Crippen molar-refractivity contribution in [3.63, 3.8) is 0 Å². The highest BCUT2D eigenvalue weighted by atomic mass is 32.2. The van der Waals surface area contributed by atoms with Crippen LogP contribution in [0.15, 0.2) is 53.6 Å². The van der Waals surface area contributed by atoms with Gasteiger partial charge in [0.15, 0.2) is 14.9 Å². The van der Waals surface area contributed by atoms with E-state index in [0.717, 1.165) is 31.3 Å². The maximum Gasteiger partial charge on any atom is 0.277 e. The van der Waals surface area contributed by atoms with Crippen molar-refractivity contribution < 1.29 is 17.9 Å². The van der Waals surface area contributed by atoms with Crippen molar-refractivity contribution in [3.05, 3.63) is 65.4 Å². The molecule has 2 aromatic carbocycles. The molecule has 1 aromatic heterocycles. The van der Waals surface area contributed by atoms with Gasteiger partial charge in [-0.2, -0.15) is 5.10 Å². The number of rotatable bonds is 8. The van der Waals surface area contributed by atoms with Crippen LogP contribution < -0.4 is 15.0 Å². The van der Waals surface area contributed by atoms with E-state index < -0.39 is 9.84 Å². The fourth-order valence-electron chi connectivity index (χ4n) is 5.35. The topological polar surface area (TPSA) is 93.5 Å². The summed E-state index contributed by atoms with van der Waals surface area (Å²) in [7, 11) is -2.04. The molecule has 1 saturated carbocycles. The van der Waals surface area contributed by atoms with Crippen LogP contribution in [-0.4, -0.2) is 56.6 Å². The van der Waals surface area contributed by atoms with Gasteiger partial charge in [0.2, 0.25) is 0 Å². The quantitative estimate of drug-likeness (QED) is 0.482. The monoisotopic (exact) mass is 522 g/mol. The fourth-order valence-corrected chi connectivity index (χ4v) is 6.22. The van der Waals surface area contributed by atoms with Crippen LogP contribution in [0.1, 0.15) is 54.7 Å². The molecule has 37 heavy (non-hydrogen) atoms. The Morgan fingerprint density at radius 1 is 1.05 bits per heavy atom. The van der Waals surface area contributed by atoms with Gasteiger partial charge in [0, 0.05) is 42.1 Å². The molecule has 1 amide bonds. The van der Waals surface area contributed by atoms with Crippen LogP contribution in [0, 0.1) is 0 Å². The molecule has 9 heteroatoms. The zero-order valence-corrected chi connectivity index (χ0v) is 22.6. The smallest absolute Gasteiger partial charge is 0.277 e. The number of benzene rings is 2. The van der Waals surface area contributed by atoms with E-state index in [2.05, 4.69) is 36.4 Å². The second kappa shape index (κ2) is 9.61. The van der Waals surface area contributed by atoms with Crippen LogP contribution in [0.4, 0.5) is 5.69 Å². The Hall–Kier alpha value is -3.17. The number of methoxy groups -OCH3 is 1. The van der Waals surface area contributed by atoms with Gasteiger partial charge in [-0.15, -0.1) is 0 Å². The van der Waals surface area contributed by atoms with E-state index in [4.69, 9.17) is 4.74 Å². The first kappa shape index (κ1) is 25.5. The molecule has 1 aliphatic carbocycles. The first-order valence-corrected chi connectivity index (χ1v) is 14.6. The van der Waals surface area contributed by atoms with Crippen molar-refractivity contribution in [3.8, 4) is 11.4 Å². The zero-order chi connectivity index (χ0) is 26.4. The van der Waals surface area contributed by atoms with E-state index in [0.29, 0.717) is 36.0 Å². The number of aromatic nitrogens is 2. The minimum absolute atomic E-state index is 0.0359. The maximum absolute atomic E-state index is 13.8. The van der Waals surface area contributed by atoms with E-state index in [9.17, 15) is 13.2 Å². The number of ether oxygens (including phenoxy) is 1. The first-order chi connectivity index (χ1) is 17.6. The van der Waals surface area contributed by atoms with Crippen LogP contribution in [0.25, 0.3) is 5.69 Å². The Kier molecular flexibility index (Phi) is 6.62. The average Bonchev–Trinajstić information content (AvgIpc) is 3.25. The summed E-state index contributed by atoms with van der Waals surface area (Å²) in [6.45, 7) is 5.67. The highest BCUT2D eigenvalue weighted by Gasteiger charge is 2.39. The van der Waals surface area contributed by atoms with Gasteiger partial charge < -0.3 is 15.0 Å². The molecule has 3 aromatic rings. The minimum atomic E-state index is -3.61. The van der Waals surface area contributed by atoms with Crippen molar-refractivity contribution in [1.82, 2.24) is 15.1 Å². The molecular formula is C28H34N4O4S. The number of hydrogen-bond donors (Lipinski definition) is 1. The SMILES string of the molecule is COc1ccc(-n2nc(S(C)(=O)=O)c3c2C(=O)N(c2ccc(C4(CNC(C)C)CCC4)cc2)CC3)cc1. The molecule has 0 saturated heterocycles. The number of carbonyl (C=O) groups excluding carboxylic acids is 1. The van der Waals surface area contributed by atoms with E-state index in [-0.39, 0.29) is 22.0 Å². The molecular weight excluding hydrogens is 488 g/mol. The van der Waals surface area contributed by atoms with Crippen LogP contribution in [0.5, 0.6) is 5.75 Å². The number of carbonyl (C=O) groups is 1. The number of amides is 1. The summed E-state index contributed by atoms with van der Waals surface area (Å²) in [6.07, 6.45) is 5.09. The Morgan fingerprint density at radius 2 is 1.70 bits per heavy atom. The molecule has 0 bridgehead atoms. The van der Waals surface area contributed by atoms with Crippen molar-refractivity contribution in [2.24, 2.45) is 0 Å². The number of anilines is 1.